The van der Waals surface area contributed by atoms with Gasteiger partial charge >= 0.3 is 5.97 Å². The van der Waals surface area contributed by atoms with Gasteiger partial charge in [0.15, 0.2) is 6.10 Å². The van der Waals surface area contributed by atoms with E-state index in [0.717, 1.165) is 15.6 Å². The largest absolute Gasteiger partial charge is 0.454 e. The number of Topliss-reactive ketones (excluding diaryl/α,β-unsaturated/α-hetero) is 1. The lowest BCUT2D eigenvalue weighted by molar-refractivity contribution is -0.145. The molecule has 3 nitrogen and oxygen atoms in total. The molecule has 0 aliphatic carbocycles. The highest BCUT2D eigenvalue weighted by Gasteiger charge is 2.21. The van der Waals surface area contributed by atoms with E-state index in [0.29, 0.717) is 5.56 Å². The molecular formula is C21H23BrO3. The number of benzene rings is 2. The molecule has 0 fully saturated rings. The van der Waals surface area contributed by atoms with E-state index in [4.69, 9.17) is 4.74 Å². The molecule has 1 atom stereocenters. The third-order valence-corrected chi connectivity index (χ3v) is 4.50. The lowest BCUT2D eigenvalue weighted by atomic mass is 9.86. The minimum atomic E-state index is -0.802. The molecule has 4 heteroatoms. The van der Waals surface area contributed by atoms with Crippen LogP contribution in [0.2, 0.25) is 0 Å². The van der Waals surface area contributed by atoms with Crippen LogP contribution in [0.15, 0.2) is 53.0 Å². The molecule has 2 aromatic rings. The molecule has 132 valence electrons. The van der Waals surface area contributed by atoms with Crippen LogP contribution in [0.5, 0.6) is 0 Å². The van der Waals surface area contributed by atoms with Crippen molar-refractivity contribution in [2.45, 2.75) is 45.6 Å². The van der Waals surface area contributed by atoms with Gasteiger partial charge in [-0.1, -0.05) is 73.1 Å². The molecule has 0 unspecified atom stereocenters. The van der Waals surface area contributed by atoms with E-state index in [9.17, 15) is 9.59 Å². The summed E-state index contributed by atoms with van der Waals surface area (Å²) in [7, 11) is 0. The van der Waals surface area contributed by atoms with Crippen molar-refractivity contribution in [3.8, 4) is 0 Å². The van der Waals surface area contributed by atoms with Gasteiger partial charge in [-0.2, -0.15) is 0 Å². The van der Waals surface area contributed by atoms with Crippen molar-refractivity contribution < 1.29 is 14.3 Å². The van der Waals surface area contributed by atoms with Crippen molar-refractivity contribution in [1.29, 1.82) is 0 Å². The second-order valence-electron chi connectivity index (χ2n) is 7.13. The highest BCUT2D eigenvalue weighted by molar-refractivity contribution is 9.10. The summed E-state index contributed by atoms with van der Waals surface area (Å²) in [5.74, 6) is -0.598. The maximum absolute atomic E-state index is 12.5. The van der Waals surface area contributed by atoms with Crippen LogP contribution in [0.1, 0.15) is 49.2 Å². The fourth-order valence-electron chi connectivity index (χ4n) is 2.43. The Kier molecular flexibility index (Phi) is 6.17. The van der Waals surface area contributed by atoms with Crippen molar-refractivity contribution in [2.75, 3.05) is 0 Å². The summed E-state index contributed by atoms with van der Waals surface area (Å²) in [6.45, 7) is 7.97. The second-order valence-corrected chi connectivity index (χ2v) is 8.04. The number of ether oxygens (including phenoxy) is 1. The first-order chi connectivity index (χ1) is 11.7. The Bertz CT molecular complexity index is 740. The number of hydrogen-bond donors (Lipinski definition) is 0. The van der Waals surface area contributed by atoms with Gasteiger partial charge in [-0.05, 0) is 35.6 Å². The van der Waals surface area contributed by atoms with Crippen LogP contribution in [0, 0.1) is 0 Å². The first-order valence-corrected chi connectivity index (χ1v) is 9.05. The molecule has 0 heterocycles. The Morgan fingerprint density at radius 1 is 1.00 bits per heavy atom. The fourth-order valence-corrected chi connectivity index (χ4v) is 2.69. The standard InChI is InChI=1S/C21H23BrO3/c1-14(25-19(23)13-15-5-11-18(22)12-6-15)20(24)16-7-9-17(10-8-16)21(2,3)4/h5-12,14H,13H2,1-4H3/t14-/m0/s1. The Labute approximate surface area is 157 Å². The zero-order valence-electron chi connectivity index (χ0n) is 15.0. The summed E-state index contributed by atoms with van der Waals surface area (Å²) < 4.78 is 6.25. The smallest absolute Gasteiger partial charge is 0.310 e. The molecule has 0 saturated carbocycles. The van der Waals surface area contributed by atoms with Gasteiger partial charge < -0.3 is 4.74 Å². The van der Waals surface area contributed by atoms with Crippen LogP contribution in [0.25, 0.3) is 0 Å². The van der Waals surface area contributed by atoms with Crippen LogP contribution in [0.4, 0.5) is 0 Å². The predicted molar refractivity (Wildman–Crippen MR) is 103 cm³/mol. The maximum atomic E-state index is 12.5. The summed E-state index contributed by atoms with van der Waals surface area (Å²) in [5, 5.41) is 0. The average molecular weight is 403 g/mol. The minimum Gasteiger partial charge on any atom is -0.454 e. The number of carbonyl (C=O) groups is 2. The van der Waals surface area contributed by atoms with Crippen LogP contribution in [-0.4, -0.2) is 17.9 Å². The van der Waals surface area contributed by atoms with Crippen molar-refractivity contribution in [3.63, 3.8) is 0 Å². The lowest BCUT2D eigenvalue weighted by Gasteiger charge is -2.19. The second kappa shape index (κ2) is 7.96. The van der Waals surface area contributed by atoms with Gasteiger partial charge in [-0.15, -0.1) is 0 Å². The monoisotopic (exact) mass is 402 g/mol. The third kappa shape index (κ3) is 5.53. The molecule has 0 bridgehead atoms. The first kappa shape index (κ1) is 19.4. The number of carbonyl (C=O) groups excluding carboxylic acids is 2. The van der Waals surface area contributed by atoms with Crippen LogP contribution >= 0.6 is 15.9 Å². The van der Waals surface area contributed by atoms with Crippen molar-refractivity contribution >= 4 is 27.7 Å². The lowest BCUT2D eigenvalue weighted by Crippen LogP contribution is -2.25. The number of hydrogen-bond acceptors (Lipinski definition) is 3. The van der Waals surface area contributed by atoms with Crippen molar-refractivity contribution in [3.05, 3.63) is 69.7 Å². The van der Waals surface area contributed by atoms with E-state index in [-0.39, 0.29) is 17.6 Å². The third-order valence-electron chi connectivity index (χ3n) is 3.97. The number of rotatable bonds is 5. The Balaban J connectivity index is 1.97. The summed E-state index contributed by atoms with van der Waals surface area (Å²) in [6, 6.07) is 14.9. The Hall–Kier alpha value is -1.94. The van der Waals surface area contributed by atoms with Crippen molar-refractivity contribution in [1.82, 2.24) is 0 Å². The molecule has 0 amide bonds. The topological polar surface area (TPSA) is 43.4 Å². The van der Waals surface area contributed by atoms with E-state index in [2.05, 4.69) is 36.7 Å². The molecule has 0 saturated heterocycles. The molecule has 0 aliphatic heterocycles. The average Bonchev–Trinajstić information content (AvgIpc) is 2.55. The van der Waals surface area contributed by atoms with Gasteiger partial charge in [0.2, 0.25) is 5.78 Å². The molecule has 25 heavy (non-hydrogen) atoms. The highest BCUT2D eigenvalue weighted by atomic mass is 79.9. The zero-order valence-corrected chi connectivity index (χ0v) is 16.6. The number of halogens is 1. The molecule has 0 aliphatic rings. The van der Waals surface area contributed by atoms with E-state index in [1.807, 2.05) is 36.4 Å². The highest BCUT2D eigenvalue weighted by Crippen LogP contribution is 2.22. The van der Waals surface area contributed by atoms with Gasteiger partial charge in [-0.25, -0.2) is 0 Å². The molecule has 2 rings (SSSR count). The van der Waals surface area contributed by atoms with E-state index < -0.39 is 12.1 Å². The van der Waals surface area contributed by atoms with E-state index >= 15 is 0 Å². The van der Waals surface area contributed by atoms with Crippen molar-refractivity contribution in [2.24, 2.45) is 0 Å². The Morgan fingerprint density at radius 3 is 2.08 bits per heavy atom. The maximum Gasteiger partial charge on any atom is 0.310 e. The summed E-state index contributed by atoms with van der Waals surface area (Å²) in [4.78, 5) is 24.5. The van der Waals surface area contributed by atoms with Crippen LogP contribution < -0.4 is 0 Å². The molecule has 0 aromatic heterocycles. The van der Waals surface area contributed by atoms with Gasteiger partial charge in [0.25, 0.3) is 0 Å². The summed E-state index contributed by atoms with van der Waals surface area (Å²) >= 11 is 3.35. The predicted octanol–water partition coefficient (Wildman–Crippen LogP) is 5.10. The molecule has 0 radical (unpaired) electrons. The SMILES string of the molecule is C[C@H](OC(=O)Cc1ccc(Br)cc1)C(=O)c1ccc(C(C)(C)C)cc1. The normalized spacial score (nSPS) is 12.5. The quantitative estimate of drug-likeness (QED) is 0.515. The molecule has 2 aromatic carbocycles. The first-order valence-electron chi connectivity index (χ1n) is 8.25. The van der Waals surface area contributed by atoms with E-state index in [1.54, 1.807) is 19.1 Å². The van der Waals surface area contributed by atoms with Gasteiger partial charge in [-0.3, -0.25) is 9.59 Å². The summed E-state index contributed by atoms with van der Waals surface area (Å²) in [6.07, 6.45) is -0.656. The van der Waals surface area contributed by atoms with Gasteiger partial charge in [0.1, 0.15) is 0 Å². The van der Waals surface area contributed by atoms with Crippen LogP contribution in [0.3, 0.4) is 0 Å². The minimum absolute atomic E-state index is 0.0321. The van der Waals surface area contributed by atoms with Crippen LogP contribution in [-0.2, 0) is 21.4 Å². The zero-order chi connectivity index (χ0) is 18.6. The number of ketones is 1. The van der Waals surface area contributed by atoms with Gasteiger partial charge in [0, 0.05) is 10.0 Å². The molecule has 0 N–H and O–H groups in total. The molecule has 0 spiro atoms. The fraction of sp³-hybridized carbons (Fsp3) is 0.333. The van der Waals surface area contributed by atoms with Gasteiger partial charge in [0.05, 0.1) is 6.42 Å². The Morgan fingerprint density at radius 2 is 1.56 bits per heavy atom. The van der Waals surface area contributed by atoms with E-state index in [1.165, 1.54) is 0 Å². The number of esters is 1. The summed E-state index contributed by atoms with van der Waals surface area (Å²) in [5.41, 5.74) is 2.59. The molecular weight excluding hydrogens is 380 g/mol.